The Hall–Kier alpha value is -0.740. The van der Waals surface area contributed by atoms with Gasteiger partial charge in [0.2, 0.25) is 0 Å². The molecule has 0 N–H and O–H groups in total. The normalized spacial score (nSPS) is 21.2. The zero-order chi connectivity index (χ0) is 10.7. The zero-order valence-corrected chi connectivity index (χ0v) is 9.54. The van der Waals surface area contributed by atoms with Crippen LogP contribution in [0.25, 0.3) is 0 Å². The van der Waals surface area contributed by atoms with E-state index in [2.05, 4.69) is 9.88 Å². The minimum absolute atomic E-state index is 0.402. The van der Waals surface area contributed by atoms with E-state index in [9.17, 15) is 0 Å². The van der Waals surface area contributed by atoms with Crippen molar-refractivity contribution in [2.45, 2.75) is 12.3 Å². The van der Waals surface area contributed by atoms with Gasteiger partial charge in [-0.15, -0.1) is 11.6 Å². The van der Waals surface area contributed by atoms with E-state index in [1.807, 2.05) is 0 Å². The van der Waals surface area contributed by atoms with Crippen molar-refractivity contribution in [1.29, 1.82) is 0 Å². The van der Waals surface area contributed by atoms with Crippen LogP contribution in [0, 0.1) is 5.92 Å². The van der Waals surface area contributed by atoms with Crippen LogP contribution in [0.5, 0.6) is 0 Å². The van der Waals surface area contributed by atoms with Gasteiger partial charge in [-0.25, -0.2) is 0 Å². The minimum Gasteiger partial charge on any atom is -0.432 e. The molecular formula is C10H15ClN2O2. The molecule has 4 nitrogen and oxygen atoms in total. The molecule has 2 heterocycles. The molecule has 1 aliphatic heterocycles. The predicted octanol–water partition coefficient (Wildman–Crippen LogP) is 1.89. The number of hydrogen-bond acceptors (Lipinski definition) is 4. The second kappa shape index (κ2) is 4.86. The highest BCUT2D eigenvalue weighted by atomic mass is 35.5. The van der Waals surface area contributed by atoms with Crippen LogP contribution in [0.2, 0.25) is 0 Å². The lowest BCUT2D eigenvalue weighted by Gasteiger charge is -2.12. The summed E-state index contributed by atoms with van der Waals surface area (Å²) in [5.74, 6) is 0.986. The fourth-order valence-electron chi connectivity index (χ4n) is 1.88. The molecule has 0 saturated carbocycles. The van der Waals surface area contributed by atoms with Crippen LogP contribution in [-0.2, 0) is 10.6 Å². The van der Waals surface area contributed by atoms with Gasteiger partial charge >= 0.3 is 0 Å². The number of aromatic nitrogens is 1. The molecule has 0 bridgehead atoms. The quantitative estimate of drug-likeness (QED) is 0.741. The highest BCUT2D eigenvalue weighted by Crippen LogP contribution is 2.23. The maximum Gasteiger partial charge on any atom is 0.297 e. The monoisotopic (exact) mass is 230 g/mol. The number of ether oxygens (including phenoxy) is 1. The number of hydrogen-bond donors (Lipinski definition) is 0. The number of alkyl halides is 1. The Morgan fingerprint density at radius 3 is 3.27 bits per heavy atom. The molecule has 1 aromatic rings. The Balaban J connectivity index is 1.95. The molecule has 1 unspecified atom stereocenters. The van der Waals surface area contributed by atoms with E-state index in [-0.39, 0.29) is 0 Å². The van der Waals surface area contributed by atoms with E-state index in [1.54, 1.807) is 13.4 Å². The molecule has 0 aliphatic carbocycles. The summed E-state index contributed by atoms with van der Waals surface area (Å²) in [6.45, 7) is 2.74. The molecule has 1 aliphatic rings. The molecule has 5 heteroatoms. The summed E-state index contributed by atoms with van der Waals surface area (Å²) in [4.78, 5) is 6.43. The fraction of sp³-hybridized carbons (Fsp3) is 0.700. The van der Waals surface area contributed by atoms with Gasteiger partial charge in [0.05, 0.1) is 18.2 Å². The summed E-state index contributed by atoms with van der Waals surface area (Å²) in [6.07, 6.45) is 2.75. The first-order valence-corrected chi connectivity index (χ1v) is 5.61. The van der Waals surface area contributed by atoms with Crippen LogP contribution < -0.4 is 4.90 Å². The van der Waals surface area contributed by atoms with Crippen molar-refractivity contribution >= 4 is 17.6 Å². The summed E-state index contributed by atoms with van der Waals surface area (Å²) >= 11 is 5.66. The van der Waals surface area contributed by atoms with E-state index >= 15 is 0 Å². The Kier molecular flexibility index (Phi) is 3.49. The van der Waals surface area contributed by atoms with Crippen LogP contribution >= 0.6 is 11.6 Å². The first kappa shape index (κ1) is 10.8. The summed E-state index contributed by atoms with van der Waals surface area (Å²) in [5.41, 5.74) is 0.793. The maximum absolute atomic E-state index is 5.66. The minimum atomic E-state index is 0.402. The van der Waals surface area contributed by atoms with Gasteiger partial charge in [0.1, 0.15) is 6.26 Å². The molecule has 1 fully saturated rings. The van der Waals surface area contributed by atoms with Crippen LogP contribution in [-0.4, -0.2) is 31.8 Å². The molecule has 15 heavy (non-hydrogen) atoms. The van der Waals surface area contributed by atoms with Gasteiger partial charge in [-0.2, -0.15) is 4.98 Å². The third-order valence-corrected chi connectivity index (χ3v) is 2.91. The molecule has 1 aromatic heterocycles. The second-order valence-electron chi connectivity index (χ2n) is 3.81. The van der Waals surface area contributed by atoms with Gasteiger partial charge in [0.25, 0.3) is 6.01 Å². The molecule has 0 radical (unpaired) electrons. The lowest BCUT2D eigenvalue weighted by atomic mass is 10.1. The number of anilines is 1. The van der Waals surface area contributed by atoms with Crippen LogP contribution in [0.3, 0.4) is 0 Å². The third-order valence-electron chi connectivity index (χ3n) is 2.64. The van der Waals surface area contributed by atoms with E-state index < -0.39 is 0 Å². The maximum atomic E-state index is 5.66. The van der Waals surface area contributed by atoms with Crippen LogP contribution in [0.4, 0.5) is 6.01 Å². The van der Waals surface area contributed by atoms with E-state index in [4.69, 9.17) is 20.8 Å². The van der Waals surface area contributed by atoms with Crippen LogP contribution in [0.15, 0.2) is 10.7 Å². The third kappa shape index (κ3) is 2.44. The summed E-state index contributed by atoms with van der Waals surface area (Å²) in [5, 5.41) is 0. The van der Waals surface area contributed by atoms with E-state index in [1.165, 1.54) is 0 Å². The fourth-order valence-corrected chi connectivity index (χ4v) is 2.00. The molecule has 1 saturated heterocycles. The molecular weight excluding hydrogens is 216 g/mol. The average Bonchev–Trinajstić information content (AvgIpc) is 2.85. The molecule has 84 valence electrons. The second-order valence-corrected chi connectivity index (χ2v) is 4.08. The first-order chi connectivity index (χ1) is 7.33. The number of oxazole rings is 1. The highest BCUT2D eigenvalue weighted by molar-refractivity contribution is 6.16. The van der Waals surface area contributed by atoms with Gasteiger partial charge in [-0.05, 0) is 6.42 Å². The standard InChI is InChI=1S/C10H15ClN2O2/c1-14-6-8-2-3-13(5-8)10-12-9(4-11)7-15-10/h7-8H,2-6H2,1H3. The number of rotatable bonds is 4. The molecule has 1 atom stereocenters. The average molecular weight is 231 g/mol. The molecule has 0 amide bonds. The number of methoxy groups -OCH3 is 1. The van der Waals surface area contributed by atoms with Crippen molar-refractivity contribution in [3.8, 4) is 0 Å². The largest absolute Gasteiger partial charge is 0.432 e. The highest BCUT2D eigenvalue weighted by Gasteiger charge is 2.25. The van der Waals surface area contributed by atoms with Crippen LogP contribution in [0.1, 0.15) is 12.1 Å². The SMILES string of the molecule is COCC1CCN(c2nc(CCl)co2)C1. The Morgan fingerprint density at radius 1 is 1.73 bits per heavy atom. The lowest BCUT2D eigenvalue weighted by Crippen LogP contribution is -2.21. The van der Waals surface area contributed by atoms with Gasteiger partial charge in [0.15, 0.2) is 0 Å². The van der Waals surface area contributed by atoms with E-state index in [0.717, 1.165) is 31.8 Å². The lowest BCUT2D eigenvalue weighted by molar-refractivity contribution is 0.160. The van der Waals surface area contributed by atoms with Gasteiger partial charge in [-0.3, -0.25) is 0 Å². The summed E-state index contributed by atoms with van der Waals surface area (Å²) in [6, 6.07) is 0.684. The van der Waals surface area contributed by atoms with Crippen molar-refractivity contribution in [3.05, 3.63) is 12.0 Å². The predicted molar refractivity (Wildman–Crippen MR) is 58.3 cm³/mol. The van der Waals surface area contributed by atoms with Crippen molar-refractivity contribution < 1.29 is 9.15 Å². The van der Waals surface area contributed by atoms with E-state index in [0.29, 0.717) is 17.8 Å². The topological polar surface area (TPSA) is 38.5 Å². The molecule has 2 rings (SSSR count). The van der Waals surface area contributed by atoms with Gasteiger partial charge < -0.3 is 14.1 Å². The Labute approximate surface area is 94.2 Å². The molecule has 0 aromatic carbocycles. The van der Waals surface area contributed by atoms with Crippen molar-refractivity contribution in [2.24, 2.45) is 5.92 Å². The zero-order valence-electron chi connectivity index (χ0n) is 8.78. The smallest absolute Gasteiger partial charge is 0.297 e. The number of halogens is 1. The Bertz CT molecular complexity index is 316. The number of nitrogens with zero attached hydrogens (tertiary/aromatic N) is 2. The van der Waals surface area contributed by atoms with Crippen molar-refractivity contribution in [3.63, 3.8) is 0 Å². The van der Waals surface area contributed by atoms with Gasteiger partial charge in [0, 0.05) is 26.1 Å². The summed E-state index contributed by atoms with van der Waals surface area (Å²) < 4.78 is 10.5. The first-order valence-electron chi connectivity index (χ1n) is 5.07. The van der Waals surface area contributed by atoms with Crippen molar-refractivity contribution in [2.75, 3.05) is 31.7 Å². The summed E-state index contributed by atoms with van der Waals surface area (Å²) in [7, 11) is 1.74. The van der Waals surface area contributed by atoms with Gasteiger partial charge in [-0.1, -0.05) is 0 Å². The Morgan fingerprint density at radius 2 is 2.60 bits per heavy atom. The molecule has 0 spiro atoms. The van der Waals surface area contributed by atoms with Crippen molar-refractivity contribution in [1.82, 2.24) is 4.98 Å².